The molecule has 4 rings (SSSR count). The third kappa shape index (κ3) is 4.51. The molecule has 1 aliphatic rings. The first-order valence-electron chi connectivity index (χ1n) is 10.7. The predicted molar refractivity (Wildman–Crippen MR) is 128 cm³/mol. The molecule has 170 valence electrons. The van der Waals surface area contributed by atoms with E-state index in [1.54, 1.807) is 36.5 Å². The lowest BCUT2D eigenvalue weighted by molar-refractivity contribution is 0.303. The minimum Gasteiger partial charge on any atom is -0.577 e. The number of nitrogens with one attached hydrogen (secondary N) is 1. The number of likely N-dealkylation sites (N-methyl/N-ethyl adjacent to an activating group) is 1. The summed E-state index contributed by atoms with van der Waals surface area (Å²) in [6.07, 6.45) is 5.99. The van der Waals surface area contributed by atoms with Gasteiger partial charge in [-0.25, -0.2) is 9.97 Å². The molecule has 1 fully saturated rings. The van der Waals surface area contributed by atoms with Gasteiger partial charge < -0.3 is 20.8 Å². The van der Waals surface area contributed by atoms with E-state index in [0.717, 1.165) is 36.0 Å². The highest BCUT2D eigenvalue weighted by molar-refractivity contribution is 6.04. The molecular formula is C23H27N8O2+. The zero-order valence-electron chi connectivity index (χ0n) is 18.4. The Balaban J connectivity index is 1.53. The Hall–Kier alpha value is -3.92. The lowest BCUT2D eigenvalue weighted by Crippen LogP contribution is -2.41. The monoisotopic (exact) mass is 447 g/mol. The Kier molecular flexibility index (Phi) is 6.27. The molecule has 6 N–H and O–H groups in total. The average molecular weight is 448 g/mol. The quantitative estimate of drug-likeness (QED) is 0.281. The van der Waals surface area contributed by atoms with E-state index in [-0.39, 0.29) is 24.3 Å². The summed E-state index contributed by atoms with van der Waals surface area (Å²) >= 11 is 0. The molecule has 2 aromatic heterocycles. The molecule has 2 heterocycles. The van der Waals surface area contributed by atoms with Crippen LogP contribution in [0.4, 0.5) is 11.8 Å². The zero-order chi connectivity index (χ0) is 23.4. The van der Waals surface area contributed by atoms with Gasteiger partial charge in [-0.1, -0.05) is 30.7 Å². The standard InChI is InChI=1S/C23H26N8O2/c1-31(11-12-32)19-8-7-18(29-30-19)20(33)28-21(24)23(9-2-10-23)17-5-3-15(4-6-17)16-13-26-22(25)27-14-16/h3-8,13-14,32H,2,9-12H2,1H3,(H2,24,28,33)(H2,25,26,27)/p+1. The number of aromatic nitrogens is 4. The number of amidine groups is 1. The first kappa shape index (κ1) is 22.3. The SMILES string of the molecule is CN(CCO)c1ccc(C([OH2+])=NC(=N)C2(c3ccc(-c4cnc(N)nc4)cc3)CCC2)nn1. The molecule has 0 spiro atoms. The van der Waals surface area contributed by atoms with Crippen molar-refractivity contribution in [3.8, 4) is 11.1 Å². The van der Waals surface area contributed by atoms with Gasteiger partial charge >= 0.3 is 5.90 Å². The molecule has 0 atom stereocenters. The summed E-state index contributed by atoms with van der Waals surface area (Å²) in [5.74, 6) is 0.895. The van der Waals surface area contributed by atoms with Gasteiger partial charge in [-0.2, -0.15) is 0 Å². The van der Waals surface area contributed by atoms with Crippen LogP contribution >= 0.6 is 0 Å². The van der Waals surface area contributed by atoms with Crippen molar-refractivity contribution in [3.63, 3.8) is 0 Å². The van der Waals surface area contributed by atoms with Crippen LogP contribution in [0.1, 0.15) is 30.5 Å². The zero-order valence-corrected chi connectivity index (χ0v) is 18.4. The summed E-state index contributed by atoms with van der Waals surface area (Å²) in [7, 11) is 1.80. The number of benzene rings is 1. The van der Waals surface area contributed by atoms with E-state index in [2.05, 4.69) is 25.2 Å². The van der Waals surface area contributed by atoms with E-state index >= 15 is 0 Å². The number of nitrogens with two attached hydrogens (primary N) is 1. The molecule has 0 saturated heterocycles. The highest BCUT2D eigenvalue weighted by Crippen LogP contribution is 2.45. The summed E-state index contributed by atoms with van der Waals surface area (Å²) in [5.41, 5.74) is 8.20. The number of aliphatic imine (C=N–C) groups is 1. The van der Waals surface area contributed by atoms with Gasteiger partial charge in [-0.15, -0.1) is 15.2 Å². The Bertz CT molecular complexity index is 1140. The lowest BCUT2D eigenvalue weighted by atomic mass is 9.63. The first-order chi connectivity index (χ1) is 15.9. The van der Waals surface area contributed by atoms with E-state index in [0.29, 0.717) is 18.1 Å². The maximum Gasteiger partial charge on any atom is 0.387 e. The Morgan fingerprint density at radius 2 is 1.82 bits per heavy atom. The Morgan fingerprint density at radius 1 is 1.12 bits per heavy atom. The van der Waals surface area contributed by atoms with Gasteiger partial charge in [0.05, 0.1) is 12.0 Å². The summed E-state index contributed by atoms with van der Waals surface area (Å²) in [5, 5.41) is 34.3. The van der Waals surface area contributed by atoms with Crippen LogP contribution in [0.15, 0.2) is 53.8 Å². The van der Waals surface area contributed by atoms with Crippen molar-refractivity contribution >= 4 is 23.5 Å². The van der Waals surface area contributed by atoms with Gasteiger partial charge in [0.2, 0.25) is 11.6 Å². The molecule has 1 saturated carbocycles. The highest BCUT2D eigenvalue weighted by Gasteiger charge is 2.43. The number of hydrogen-bond acceptors (Lipinski definition) is 8. The number of nitrogen functional groups attached to an aromatic ring is 1. The van der Waals surface area contributed by atoms with Crippen LogP contribution in [0, 0.1) is 5.41 Å². The summed E-state index contributed by atoms with van der Waals surface area (Å²) in [4.78, 5) is 14.1. The lowest BCUT2D eigenvalue weighted by Gasteiger charge is -2.41. The van der Waals surface area contributed by atoms with Gasteiger partial charge in [0.15, 0.2) is 5.82 Å². The summed E-state index contributed by atoms with van der Waals surface area (Å²) in [6, 6.07) is 11.4. The molecule has 10 nitrogen and oxygen atoms in total. The fourth-order valence-electron chi connectivity index (χ4n) is 3.86. The van der Waals surface area contributed by atoms with Crippen LogP contribution < -0.4 is 10.6 Å². The van der Waals surface area contributed by atoms with Crippen LogP contribution in [-0.2, 0) is 5.41 Å². The second kappa shape index (κ2) is 9.29. The van der Waals surface area contributed by atoms with E-state index in [9.17, 15) is 0 Å². The predicted octanol–water partition coefficient (Wildman–Crippen LogP) is 1.51. The van der Waals surface area contributed by atoms with Crippen molar-refractivity contribution < 1.29 is 10.2 Å². The largest absolute Gasteiger partial charge is 0.577 e. The highest BCUT2D eigenvalue weighted by atomic mass is 16.3. The molecule has 0 radical (unpaired) electrons. The van der Waals surface area contributed by atoms with Gasteiger partial charge in [-0.05, 0) is 36.1 Å². The number of anilines is 2. The van der Waals surface area contributed by atoms with Crippen molar-refractivity contribution in [1.82, 2.24) is 20.2 Å². The minimum atomic E-state index is -0.503. The van der Waals surface area contributed by atoms with Gasteiger partial charge in [0.1, 0.15) is 5.84 Å². The van der Waals surface area contributed by atoms with Crippen LogP contribution in [0.25, 0.3) is 11.1 Å². The molecule has 0 aliphatic heterocycles. The third-order valence-corrected chi connectivity index (χ3v) is 6.05. The van der Waals surface area contributed by atoms with Crippen LogP contribution in [0.2, 0.25) is 0 Å². The van der Waals surface area contributed by atoms with Crippen LogP contribution in [0.5, 0.6) is 0 Å². The molecule has 33 heavy (non-hydrogen) atoms. The van der Waals surface area contributed by atoms with E-state index in [4.69, 9.17) is 21.4 Å². The molecule has 0 amide bonds. The smallest absolute Gasteiger partial charge is 0.387 e. The Labute approximate surface area is 191 Å². The number of aliphatic hydroxyl groups excluding tert-OH is 1. The van der Waals surface area contributed by atoms with Crippen molar-refractivity contribution in [2.75, 3.05) is 30.8 Å². The number of nitrogens with zero attached hydrogens (tertiary/aromatic N) is 6. The number of rotatable bonds is 7. The van der Waals surface area contributed by atoms with Gasteiger partial charge in [-0.3, -0.25) is 5.41 Å². The molecule has 0 bridgehead atoms. The second-order valence-electron chi connectivity index (χ2n) is 8.07. The fraction of sp³-hybridized carbons (Fsp3) is 0.304. The molecular weight excluding hydrogens is 420 g/mol. The summed E-state index contributed by atoms with van der Waals surface area (Å²) < 4.78 is 0. The average Bonchev–Trinajstić information content (AvgIpc) is 2.79. The number of aliphatic hydroxyl groups is 1. The topological polar surface area (TPSA) is 160 Å². The van der Waals surface area contributed by atoms with Crippen LogP contribution in [0.3, 0.4) is 0 Å². The third-order valence-electron chi connectivity index (χ3n) is 6.05. The molecule has 10 heteroatoms. The van der Waals surface area contributed by atoms with Crippen molar-refractivity contribution in [1.29, 1.82) is 5.41 Å². The van der Waals surface area contributed by atoms with Crippen LogP contribution in [-0.4, -0.2) is 62.3 Å². The molecule has 3 aromatic rings. The molecule has 1 aromatic carbocycles. The van der Waals surface area contributed by atoms with E-state index in [1.807, 2.05) is 24.3 Å². The normalized spacial score (nSPS) is 15.0. The van der Waals surface area contributed by atoms with Crippen molar-refractivity contribution in [3.05, 3.63) is 60.0 Å². The molecule has 0 unspecified atom stereocenters. The maximum atomic E-state index is 9.05. The Morgan fingerprint density at radius 3 is 2.36 bits per heavy atom. The van der Waals surface area contributed by atoms with E-state index < -0.39 is 5.41 Å². The maximum absolute atomic E-state index is 9.05. The van der Waals surface area contributed by atoms with Gasteiger partial charge in [0, 0.05) is 31.5 Å². The fourth-order valence-corrected chi connectivity index (χ4v) is 3.86. The van der Waals surface area contributed by atoms with Gasteiger partial charge in [0.25, 0.3) is 0 Å². The van der Waals surface area contributed by atoms with E-state index in [1.165, 1.54) is 0 Å². The minimum absolute atomic E-state index is 0.0130. The van der Waals surface area contributed by atoms with Crippen molar-refractivity contribution in [2.24, 2.45) is 4.99 Å². The molecule has 1 aliphatic carbocycles. The number of hydrogen-bond donors (Lipinski definition) is 3. The van der Waals surface area contributed by atoms with Crippen molar-refractivity contribution in [2.45, 2.75) is 24.7 Å². The second-order valence-corrected chi connectivity index (χ2v) is 8.07. The summed E-state index contributed by atoms with van der Waals surface area (Å²) in [6.45, 7) is 0.451. The first-order valence-corrected chi connectivity index (χ1v) is 10.7.